The van der Waals surface area contributed by atoms with Gasteiger partial charge in [0, 0.05) is 24.6 Å². The van der Waals surface area contributed by atoms with E-state index >= 15 is 0 Å². The Labute approximate surface area is 117 Å². The first-order valence-corrected chi connectivity index (χ1v) is 6.78. The third-order valence-corrected chi connectivity index (χ3v) is 3.63. The van der Waals surface area contributed by atoms with Crippen molar-refractivity contribution in [2.75, 3.05) is 6.54 Å². The minimum absolute atomic E-state index is 0.0226. The second-order valence-corrected chi connectivity index (χ2v) is 5.80. The zero-order chi connectivity index (χ0) is 14.2. The summed E-state index contributed by atoms with van der Waals surface area (Å²) >= 11 is 5.81. The number of hydrogen-bond donors (Lipinski definition) is 1. The van der Waals surface area contributed by atoms with Crippen molar-refractivity contribution in [3.05, 3.63) is 34.6 Å². The van der Waals surface area contributed by atoms with Crippen molar-refractivity contribution in [3.63, 3.8) is 0 Å². The molecule has 1 heterocycles. The number of carbonyl (C=O) groups is 1. The van der Waals surface area contributed by atoms with Crippen molar-refractivity contribution in [1.29, 1.82) is 0 Å². The molecule has 1 aliphatic rings. The number of carbonyl (C=O) groups excluding carboxylic acids is 1. The van der Waals surface area contributed by atoms with E-state index in [2.05, 4.69) is 0 Å². The number of likely N-dealkylation sites (tertiary alicyclic amines) is 1. The number of halogens is 2. The van der Waals surface area contributed by atoms with Gasteiger partial charge in [0.2, 0.25) is 5.91 Å². The fraction of sp³-hybridized carbons (Fsp3) is 0.500. The molecule has 2 N–H and O–H groups in total. The average molecular weight is 285 g/mol. The van der Waals surface area contributed by atoms with Gasteiger partial charge in [-0.2, -0.15) is 0 Å². The monoisotopic (exact) mass is 284 g/mol. The molecule has 0 bridgehead atoms. The van der Waals surface area contributed by atoms with Gasteiger partial charge < -0.3 is 10.6 Å². The largest absolute Gasteiger partial charge is 0.334 e. The Bertz CT molecular complexity index is 492. The molecule has 19 heavy (non-hydrogen) atoms. The van der Waals surface area contributed by atoms with Crippen molar-refractivity contribution >= 4 is 17.5 Å². The van der Waals surface area contributed by atoms with Crippen molar-refractivity contribution in [3.8, 4) is 0 Å². The van der Waals surface area contributed by atoms with Crippen LogP contribution in [-0.4, -0.2) is 23.4 Å². The van der Waals surface area contributed by atoms with Gasteiger partial charge in [-0.05, 0) is 12.0 Å². The Hall–Kier alpha value is -1.13. The third kappa shape index (κ3) is 2.74. The van der Waals surface area contributed by atoms with E-state index in [-0.39, 0.29) is 23.4 Å². The number of benzene rings is 1. The molecule has 1 amide bonds. The number of amides is 1. The van der Waals surface area contributed by atoms with Crippen LogP contribution in [0.15, 0.2) is 18.2 Å². The molecule has 0 saturated carbocycles. The van der Waals surface area contributed by atoms with Crippen LogP contribution in [0, 0.1) is 11.7 Å². The van der Waals surface area contributed by atoms with Gasteiger partial charge in [0.05, 0.1) is 11.1 Å². The highest BCUT2D eigenvalue weighted by Gasteiger charge is 2.40. The Morgan fingerprint density at radius 3 is 2.84 bits per heavy atom. The summed E-state index contributed by atoms with van der Waals surface area (Å²) in [5.74, 6) is -0.197. The van der Waals surface area contributed by atoms with E-state index in [0.29, 0.717) is 18.0 Å². The molecular formula is C14H18ClFN2O. The van der Waals surface area contributed by atoms with Crippen LogP contribution >= 0.6 is 11.6 Å². The molecule has 2 rings (SSSR count). The van der Waals surface area contributed by atoms with Crippen molar-refractivity contribution in [1.82, 2.24) is 4.90 Å². The van der Waals surface area contributed by atoms with Crippen LogP contribution in [0.25, 0.3) is 0 Å². The van der Waals surface area contributed by atoms with Gasteiger partial charge in [-0.3, -0.25) is 4.79 Å². The molecule has 5 heteroatoms. The van der Waals surface area contributed by atoms with E-state index in [1.165, 1.54) is 6.07 Å². The average Bonchev–Trinajstić information content (AvgIpc) is 2.58. The molecule has 0 radical (unpaired) electrons. The van der Waals surface area contributed by atoms with Crippen LogP contribution in [0.1, 0.15) is 31.9 Å². The van der Waals surface area contributed by atoms with Crippen LogP contribution in [0.5, 0.6) is 0 Å². The fourth-order valence-electron chi connectivity index (χ4n) is 2.57. The summed E-state index contributed by atoms with van der Waals surface area (Å²) in [6.07, 6.45) is 0.253. The van der Waals surface area contributed by atoms with Crippen LogP contribution in [0.2, 0.25) is 5.02 Å². The summed E-state index contributed by atoms with van der Waals surface area (Å²) in [5, 5.41) is 0.0635. The minimum atomic E-state index is -0.479. The molecule has 3 nitrogen and oxygen atoms in total. The number of rotatable bonds is 3. The first-order valence-electron chi connectivity index (χ1n) is 6.40. The van der Waals surface area contributed by atoms with Gasteiger partial charge >= 0.3 is 0 Å². The Morgan fingerprint density at radius 2 is 2.21 bits per heavy atom. The minimum Gasteiger partial charge on any atom is -0.334 e. The third-order valence-electron chi connectivity index (χ3n) is 3.33. The molecule has 104 valence electrons. The van der Waals surface area contributed by atoms with Gasteiger partial charge in [0.1, 0.15) is 5.82 Å². The number of hydrogen-bond acceptors (Lipinski definition) is 2. The molecule has 1 aromatic carbocycles. The molecule has 0 aromatic heterocycles. The van der Waals surface area contributed by atoms with Gasteiger partial charge in [-0.15, -0.1) is 0 Å². The van der Waals surface area contributed by atoms with Crippen LogP contribution < -0.4 is 5.73 Å². The lowest BCUT2D eigenvalue weighted by Gasteiger charge is -2.29. The molecule has 1 saturated heterocycles. The first-order chi connectivity index (χ1) is 8.91. The number of nitrogens with two attached hydrogens (primary N) is 1. The SMILES string of the molecule is CC(C)CN1C(=O)CC(N)C1c1cccc(Cl)c1F. The summed E-state index contributed by atoms with van der Waals surface area (Å²) in [6, 6.07) is 4.02. The van der Waals surface area contributed by atoms with E-state index in [0.717, 1.165) is 0 Å². The standard InChI is InChI=1S/C14H18ClFN2O/c1-8(2)7-18-12(19)6-11(17)14(18)9-4-3-5-10(15)13(9)16/h3-5,8,11,14H,6-7,17H2,1-2H3. The lowest BCUT2D eigenvalue weighted by molar-refractivity contribution is -0.129. The maximum Gasteiger partial charge on any atom is 0.224 e. The molecule has 2 unspecified atom stereocenters. The van der Waals surface area contributed by atoms with E-state index in [9.17, 15) is 9.18 Å². The van der Waals surface area contributed by atoms with Gasteiger partial charge in [0.15, 0.2) is 0 Å². The van der Waals surface area contributed by atoms with Crippen molar-refractivity contribution in [2.45, 2.75) is 32.4 Å². The summed E-state index contributed by atoms with van der Waals surface area (Å²) in [5.41, 5.74) is 6.42. The summed E-state index contributed by atoms with van der Waals surface area (Å²) in [4.78, 5) is 13.7. The maximum absolute atomic E-state index is 14.1. The van der Waals surface area contributed by atoms with E-state index in [4.69, 9.17) is 17.3 Å². The molecule has 0 spiro atoms. The first kappa shape index (κ1) is 14.3. The van der Waals surface area contributed by atoms with Gasteiger partial charge in [-0.1, -0.05) is 37.6 Å². The molecule has 1 fully saturated rings. The quantitative estimate of drug-likeness (QED) is 0.928. The van der Waals surface area contributed by atoms with Crippen LogP contribution in [0.3, 0.4) is 0 Å². The van der Waals surface area contributed by atoms with Gasteiger partial charge in [0.25, 0.3) is 0 Å². The van der Waals surface area contributed by atoms with E-state index < -0.39 is 11.9 Å². The lowest BCUT2D eigenvalue weighted by atomic mass is 9.99. The normalized spacial score (nSPS) is 23.5. The molecule has 1 aliphatic heterocycles. The highest BCUT2D eigenvalue weighted by molar-refractivity contribution is 6.30. The smallest absolute Gasteiger partial charge is 0.224 e. The summed E-state index contributed by atoms with van der Waals surface area (Å²) in [6.45, 7) is 4.61. The number of nitrogens with zero attached hydrogens (tertiary/aromatic N) is 1. The Balaban J connectivity index is 2.39. The van der Waals surface area contributed by atoms with Crippen LogP contribution in [0.4, 0.5) is 4.39 Å². The molecule has 2 atom stereocenters. The van der Waals surface area contributed by atoms with Crippen molar-refractivity contribution in [2.24, 2.45) is 11.7 Å². The predicted molar refractivity (Wildman–Crippen MR) is 73.3 cm³/mol. The second-order valence-electron chi connectivity index (χ2n) is 5.40. The molecule has 0 aliphatic carbocycles. The highest BCUT2D eigenvalue weighted by Crippen LogP contribution is 2.35. The van der Waals surface area contributed by atoms with Crippen LogP contribution in [-0.2, 0) is 4.79 Å². The van der Waals surface area contributed by atoms with E-state index in [1.54, 1.807) is 17.0 Å². The second kappa shape index (κ2) is 5.47. The predicted octanol–water partition coefficient (Wildman–Crippen LogP) is 2.74. The molecule has 1 aromatic rings. The van der Waals surface area contributed by atoms with Gasteiger partial charge in [-0.25, -0.2) is 4.39 Å². The highest BCUT2D eigenvalue weighted by atomic mass is 35.5. The fourth-order valence-corrected chi connectivity index (χ4v) is 2.75. The topological polar surface area (TPSA) is 46.3 Å². The lowest BCUT2D eigenvalue weighted by Crippen LogP contribution is -2.36. The maximum atomic E-state index is 14.1. The zero-order valence-corrected chi connectivity index (χ0v) is 11.8. The Kier molecular flexibility index (Phi) is 4.11. The zero-order valence-electron chi connectivity index (χ0n) is 11.1. The van der Waals surface area contributed by atoms with Crippen molar-refractivity contribution < 1.29 is 9.18 Å². The summed E-state index contributed by atoms with van der Waals surface area (Å²) in [7, 11) is 0. The molecular weight excluding hydrogens is 267 g/mol. The van der Waals surface area contributed by atoms with E-state index in [1.807, 2.05) is 13.8 Å². The summed E-state index contributed by atoms with van der Waals surface area (Å²) < 4.78 is 14.1. The Morgan fingerprint density at radius 1 is 1.53 bits per heavy atom.